The first kappa shape index (κ1) is 22.4. The number of rotatable bonds is 8. The Morgan fingerprint density at radius 3 is 2.65 bits per heavy atom. The number of amides is 1. The van der Waals surface area contributed by atoms with E-state index in [0.717, 1.165) is 48.9 Å². The normalized spacial score (nSPS) is 24.3. The Hall–Kier alpha value is -1.84. The molecule has 31 heavy (non-hydrogen) atoms. The molecule has 1 heterocycles. The predicted octanol–water partition coefficient (Wildman–Crippen LogP) is 5.54. The summed E-state index contributed by atoms with van der Waals surface area (Å²) < 4.78 is 0. The van der Waals surface area contributed by atoms with Gasteiger partial charge in [0.2, 0.25) is 5.91 Å². The molecule has 1 saturated heterocycles. The van der Waals surface area contributed by atoms with Gasteiger partial charge in [0.15, 0.2) is 0 Å². The first-order chi connectivity index (χ1) is 15.0. The minimum absolute atomic E-state index is 0.0737. The van der Waals surface area contributed by atoms with Crippen LogP contribution in [0.2, 0.25) is 5.02 Å². The standard InChI is InChI=1S/C27H35ClN2O/c1-19(2)26(21-10-4-3-5-11-21)27(31)29-25-14-13-22-17-30(18-24(22)25)15-7-9-20-8-6-12-23(28)16-20/h3-6,8,10-12,16,19,22,24-26H,7,9,13-15,17-18H2,1-2H3,(H,29,31)/t22-,24+,25+,26?/m1/s1. The first-order valence-electron chi connectivity index (χ1n) is 11.8. The lowest BCUT2D eigenvalue weighted by Gasteiger charge is -2.26. The lowest BCUT2D eigenvalue weighted by atomic mass is 9.87. The summed E-state index contributed by atoms with van der Waals surface area (Å²) in [7, 11) is 0. The maximum absolute atomic E-state index is 13.2. The maximum atomic E-state index is 13.2. The Balaban J connectivity index is 1.30. The summed E-state index contributed by atoms with van der Waals surface area (Å²) >= 11 is 6.11. The number of fused-ring (bicyclic) bond motifs is 1. The highest BCUT2D eigenvalue weighted by molar-refractivity contribution is 6.30. The van der Waals surface area contributed by atoms with Crippen LogP contribution in [-0.4, -0.2) is 36.5 Å². The summed E-state index contributed by atoms with van der Waals surface area (Å²) in [5.41, 5.74) is 2.44. The Kier molecular flexibility index (Phi) is 7.35. The van der Waals surface area contributed by atoms with Crippen LogP contribution in [0, 0.1) is 17.8 Å². The van der Waals surface area contributed by atoms with Crippen molar-refractivity contribution in [2.24, 2.45) is 17.8 Å². The van der Waals surface area contributed by atoms with E-state index >= 15 is 0 Å². The monoisotopic (exact) mass is 438 g/mol. The van der Waals surface area contributed by atoms with Gasteiger partial charge < -0.3 is 10.2 Å². The molecule has 1 N–H and O–H groups in total. The number of nitrogens with one attached hydrogen (secondary N) is 1. The molecule has 0 spiro atoms. The molecule has 2 aromatic rings. The summed E-state index contributed by atoms with van der Waals surface area (Å²) in [4.78, 5) is 15.8. The Morgan fingerprint density at radius 2 is 1.90 bits per heavy atom. The van der Waals surface area contributed by atoms with E-state index in [1.54, 1.807) is 0 Å². The molecule has 1 saturated carbocycles. The molecule has 1 amide bonds. The van der Waals surface area contributed by atoms with Crippen molar-refractivity contribution < 1.29 is 4.79 Å². The highest BCUT2D eigenvalue weighted by atomic mass is 35.5. The fourth-order valence-electron chi connectivity index (χ4n) is 5.69. The Morgan fingerprint density at radius 1 is 1.10 bits per heavy atom. The van der Waals surface area contributed by atoms with Crippen molar-refractivity contribution in [1.82, 2.24) is 10.2 Å². The number of carbonyl (C=O) groups excluding carboxylic acids is 1. The third-order valence-electron chi connectivity index (χ3n) is 7.20. The maximum Gasteiger partial charge on any atom is 0.228 e. The molecule has 2 aromatic carbocycles. The third kappa shape index (κ3) is 5.51. The molecule has 1 aliphatic heterocycles. The average molecular weight is 439 g/mol. The average Bonchev–Trinajstić information content (AvgIpc) is 3.30. The van der Waals surface area contributed by atoms with Crippen molar-refractivity contribution in [1.29, 1.82) is 0 Å². The van der Waals surface area contributed by atoms with Crippen molar-refractivity contribution in [3.05, 3.63) is 70.7 Å². The second kappa shape index (κ2) is 10.2. The van der Waals surface area contributed by atoms with Gasteiger partial charge in [0.1, 0.15) is 0 Å². The largest absolute Gasteiger partial charge is 0.352 e. The molecule has 0 bridgehead atoms. The molecular weight excluding hydrogens is 404 g/mol. The van der Waals surface area contributed by atoms with Crippen LogP contribution in [0.5, 0.6) is 0 Å². The zero-order valence-electron chi connectivity index (χ0n) is 18.8. The Labute approximate surface area is 192 Å². The number of halogens is 1. The van der Waals surface area contributed by atoms with Gasteiger partial charge in [-0.2, -0.15) is 0 Å². The Bertz CT molecular complexity index is 869. The quantitative estimate of drug-likeness (QED) is 0.586. The number of benzene rings is 2. The van der Waals surface area contributed by atoms with Crippen LogP contribution in [0.15, 0.2) is 54.6 Å². The molecule has 0 aromatic heterocycles. The van der Waals surface area contributed by atoms with E-state index in [4.69, 9.17) is 11.6 Å². The molecular formula is C27H35ClN2O. The number of likely N-dealkylation sites (tertiary alicyclic amines) is 1. The summed E-state index contributed by atoms with van der Waals surface area (Å²) in [6.45, 7) is 7.71. The summed E-state index contributed by atoms with van der Waals surface area (Å²) in [6.07, 6.45) is 4.58. The number of hydrogen-bond acceptors (Lipinski definition) is 2. The predicted molar refractivity (Wildman–Crippen MR) is 128 cm³/mol. The van der Waals surface area contributed by atoms with Crippen LogP contribution < -0.4 is 5.32 Å². The fraction of sp³-hybridized carbons (Fsp3) is 0.519. The molecule has 3 nitrogen and oxygen atoms in total. The van der Waals surface area contributed by atoms with Crippen LogP contribution in [0.4, 0.5) is 0 Å². The molecule has 1 unspecified atom stereocenters. The van der Waals surface area contributed by atoms with Gasteiger partial charge in [-0.3, -0.25) is 4.79 Å². The lowest BCUT2D eigenvalue weighted by molar-refractivity contribution is -0.124. The van der Waals surface area contributed by atoms with Crippen LogP contribution >= 0.6 is 11.6 Å². The van der Waals surface area contributed by atoms with E-state index in [1.165, 1.54) is 18.5 Å². The molecule has 4 rings (SSSR count). The van der Waals surface area contributed by atoms with Crippen molar-refractivity contribution in [2.75, 3.05) is 19.6 Å². The first-order valence-corrected chi connectivity index (χ1v) is 12.2. The van der Waals surface area contributed by atoms with Gasteiger partial charge in [0.05, 0.1) is 5.92 Å². The van der Waals surface area contributed by atoms with Crippen molar-refractivity contribution in [3.8, 4) is 0 Å². The van der Waals surface area contributed by atoms with Gasteiger partial charge >= 0.3 is 0 Å². The number of nitrogens with zero attached hydrogens (tertiary/aromatic N) is 1. The molecule has 0 radical (unpaired) electrons. The molecule has 4 heteroatoms. The third-order valence-corrected chi connectivity index (χ3v) is 7.43. The molecule has 4 atom stereocenters. The van der Waals surface area contributed by atoms with E-state index in [0.29, 0.717) is 12.0 Å². The fourth-order valence-corrected chi connectivity index (χ4v) is 5.90. The summed E-state index contributed by atoms with van der Waals surface area (Å²) in [6, 6.07) is 18.8. The topological polar surface area (TPSA) is 32.3 Å². The summed E-state index contributed by atoms with van der Waals surface area (Å²) in [5.74, 6) is 1.73. The molecule has 2 aliphatic rings. The van der Waals surface area contributed by atoms with Gasteiger partial charge in [0, 0.05) is 24.2 Å². The van der Waals surface area contributed by atoms with Gasteiger partial charge in [-0.1, -0.05) is 67.9 Å². The van der Waals surface area contributed by atoms with Gasteiger partial charge in [-0.25, -0.2) is 0 Å². The molecule has 2 fully saturated rings. The zero-order valence-corrected chi connectivity index (χ0v) is 19.5. The highest BCUT2D eigenvalue weighted by Gasteiger charge is 2.43. The molecule has 166 valence electrons. The van der Waals surface area contributed by atoms with E-state index in [9.17, 15) is 4.79 Å². The molecule has 1 aliphatic carbocycles. The summed E-state index contributed by atoms with van der Waals surface area (Å²) in [5, 5.41) is 4.28. The lowest BCUT2D eigenvalue weighted by Crippen LogP contribution is -2.43. The second-order valence-corrected chi connectivity index (χ2v) is 10.2. The van der Waals surface area contributed by atoms with E-state index in [-0.39, 0.29) is 17.7 Å². The number of hydrogen-bond donors (Lipinski definition) is 1. The van der Waals surface area contributed by atoms with Crippen molar-refractivity contribution in [3.63, 3.8) is 0 Å². The van der Waals surface area contributed by atoms with Crippen molar-refractivity contribution >= 4 is 17.5 Å². The van der Waals surface area contributed by atoms with Crippen LogP contribution in [-0.2, 0) is 11.2 Å². The van der Waals surface area contributed by atoms with Crippen LogP contribution in [0.25, 0.3) is 0 Å². The second-order valence-electron chi connectivity index (χ2n) is 9.74. The van der Waals surface area contributed by atoms with Gasteiger partial charge in [0.25, 0.3) is 0 Å². The number of carbonyl (C=O) groups is 1. The zero-order chi connectivity index (χ0) is 21.8. The van der Waals surface area contributed by atoms with Crippen LogP contribution in [0.3, 0.4) is 0 Å². The van der Waals surface area contributed by atoms with Gasteiger partial charge in [-0.05, 0) is 73.2 Å². The van der Waals surface area contributed by atoms with Crippen LogP contribution in [0.1, 0.15) is 50.2 Å². The van der Waals surface area contributed by atoms with E-state index in [1.807, 2.05) is 30.3 Å². The minimum atomic E-state index is -0.0737. The van der Waals surface area contributed by atoms with Gasteiger partial charge in [-0.15, -0.1) is 0 Å². The van der Waals surface area contributed by atoms with Crippen molar-refractivity contribution in [2.45, 2.75) is 51.5 Å². The number of aryl methyl sites for hydroxylation is 1. The highest BCUT2D eigenvalue weighted by Crippen LogP contribution is 2.39. The smallest absolute Gasteiger partial charge is 0.228 e. The van der Waals surface area contributed by atoms with E-state index in [2.05, 4.69) is 48.3 Å². The SMILES string of the molecule is CC(C)C(C(=O)N[C@H]1CC[C@@H]2CN(CCCc3cccc(Cl)c3)C[C@@H]21)c1ccccc1. The van der Waals surface area contributed by atoms with E-state index < -0.39 is 0 Å². The minimum Gasteiger partial charge on any atom is -0.352 e.